The molecule has 0 aliphatic carbocycles. The van der Waals surface area contributed by atoms with Gasteiger partial charge >= 0.3 is 12.0 Å². The van der Waals surface area contributed by atoms with Crippen LogP contribution in [0, 0.1) is 5.92 Å². The molecule has 0 radical (unpaired) electrons. The zero-order chi connectivity index (χ0) is 13.5. The van der Waals surface area contributed by atoms with Crippen LogP contribution < -0.4 is 5.32 Å². The van der Waals surface area contributed by atoms with E-state index in [1.807, 2.05) is 6.92 Å². The molecule has 6 heteroatoms. The summed E-state index contributed by atoms with van der Waals surface area (Å²) < 4.78 is 5.17. The monoisotopic (exact) mass is 256 g/mol. The summed E-state index contributed by atoms with van der Waals surface area (Å²) in [4.78, 5) is 24.5. The Morgan fingerprint density at radius 2 is 2.28 bits per heavy atom. The molecule has 0 aromatic rings. The van der Waals surface area contributed by atoms with Gasteiger partial charge in [-0.05, 0) is 13.3 Å². The Morgan fingerprint density at radius 1 is 1.56 bits per heavy atom. The number of carboxylic acid groups (broad SMARTS) is 1. The number of hydrogen-bond acceptors (Lipinski definition) is 3. The Hall–Kier alpha value is -1.56. The Morgan fingerprint density at radius 3 is 2.83 bits per heavy atom. The van der Waals surface area contributed by atoms with E-state index in [9.17, 15) is 9.59 Å². The molecule has 2 amide bonds. The van der Waals surface area contributed by atoms with Crippen molar-refractivity contribution in [3.8, 4) is 0 Å². The Kier molecular flexibility index (Phi) is 5.64. The average Bonchev–Trinajstić information content (AvgIpc) is 2.79. The number of nitrogens with zero attached hydrogens (tertiary/aromatic N) is 1. The van der Waals surface area contributed by atoms with Crippen molar-refractivity contribution in [3.05, 3.63) is 12.7 Å². The maximum Gasteiger partial charge on any atom is 0.317 e. The van der Waals surface area contributed by atoms with Gasteiger partial charge < -0.3 is 20.1 Å². The molecule has 0 bridgehead atoms. The standard InChI is InChI=1S/C12H20N2O4/c1-3-5-6-13-12(17)14(4-2)10-8-18-7-9(10)11(15)16/h3,9-10H,1,4-8H2,2H3,(H,13,17)(H,15,16). The van der Waals surface area contributed by atoms with Gasteiger partial charge in [0.05, 0.1) is 19.3 Å². The van der Waals surface area contributed by atoms with Crippen molar-refractivity contribution in [2.75, 3.05) is 26.3 Å². The van der Waals surface area contributed by atoms with E-state index in [4.69, 9.17) is 9.84 Å². The van der Waals surface area contributed by atoms with E-state index in [0.29, 0.717) is 19.5 Å². The lowest BCUT2D eigenvalue weighted by Gasteiger charge is -2.29. The molecule has 102 valence electrons. The number of urea groups is 1. The van der Waals surface area contributed by atoms with Crippen LogP contribution in [-0.2, 0) is 9.53 Å². The van der Waals surface area contributed by atoms with Crippen LogP contribution in [0.3, 0.4) is 0 Å². The van der Waals surface area contributed by atoms with Crippen LogP contribution in [0.25, 0.3) is 0 Å². The number of nitrogens with one attached hydrogen (secondary N) is 1. The summed E-state index contributed by atoms with van der Waals surface area (Å²) in [6.45, 7) is 6.80. The van der Waals surface area contributed by atoms with Crippen molar-refractivity contribution in [2.24, 2.45) is 5.92 Å². The van der Waals surface area contributed by atoms with Gasteiger partial charge in [-0.3, -0.25) is 4.79 Å². The minimum atomic E-state index is -0.921. The van der Waals surface area contributed by atoms with Gasteiger partial charge in [0.25, 0.3) is 0 Å². The van der Waals surface area contributed by atoms with Crippen molar-refractivity contribution in [1.82, 2.24) is 10.2 Å². The van der Waals surface area contributed by atoms with Crippen LogP contribution in [0.1, 0.15) is 13.3 Å². The molecule has 2 unspecified atom stereocenters. The maximum atomic E-state index is 11.9. The minimum absolute atomic E-state index is 0.163. The molecule has 0 aromatic carbocycles. The van der Waals surface area contributed by atoms with Crippen LogP contribution in [0.5, 0.6) is 0 Å². The van der Waals surface area contributed by atoms with Crippen LogP contribution in [0.15, 0.2) is 12.7 Å². The predicted molar refractivity (Wildman–Crippen MR) is 66.3 cm³/mol. The van der Waals surface area contributed by atoms with E-state index in [1.165, 1.54) is 4.90 Å². The van der Waals surface area contributed by atoms with Crippen molar-refractivity contribution in [3.63, 3.8) is 0 Å². The predicted octanol–water partition coefficient (Wildman–Crippen LogP) is 0.694. The van der Waals surface area contributed by atoms with Gasteiger partial charge in [0.1, 0.15) is 5.92 Å². The van der Waals surface area contributed by atoms with Crippen molar-refractivity contribution in [1.29, 1.82) is 0 Å². The van der Waals surface area contributed by atoms with E-state index in [2.05, 4.69) is 11.9 Å². The zero-order valence-corrected chi connectivity index (χ0v) is 10.6. The van der Waals surface area contributed by atoms with Gasteiger partial charge in [0.15, 0.2) is 0 Å². The lowest BCUT2D eigenvalue weighted by molar-refractivity contribution is -0.142. The van der Waals surface area contributed by atoms with Crippen molar-refractivity contribution >= 4 is 12.0 Å². The number of amides is 2. The second-order valence-electron chi connectivity index (χ2n) is 4.14. The van der Waals surface area contributed by atoms with Gasteiger partial charge in [-0.1, -0.05) is 6.08 Å². The second kappa shape index (κ2) is 7.00. The molecule has 1 rings (SSSR count). The van der Waals surface area contributed by atoms with Crippen LogP contribution >= 0.6 is 0 Å². The molecule has 0 aromatic heterocycles. The van der Waals surface area contributed by atoms with Gasteiger partial charge in [-0.25, -0.2) is 4.79 Å². The highest BCUT2D eigenvalue weighted by atomic mass is 16.5. The highest BCUT2D eigenvalue weighted by Gasteiger charge is 2.39. The molecule has 0 spiro atoms. The van der Waals surface area contributed by atoms with Crippen LogP contribution in [0.4, 0.5) is 4.79 Å². The average molecular weight is 256 g/mol. The largest absolute Gasteiger partial charge is 0.481 e. The number of carbonyl (C=O) groups excluding carboxylic acids is 1. The SMILES string of the molecule is C=CCCNC(=O)N(CC)C1COCC1C(=O)O. The lowest BCUT2D eigenvalue weighted by Crippen LogP contribution is -2.50. The smallest absolute Gasteiger partial charge is 0.317 e. The van der Waals surface area contributed by atoms with Gasteiger partial charge in [-0.2, -0.15) is 0 Å². The molecule has 1 saturated heterocycles. The first-order chi connectivity index (χ1) is 8.61. The molecular formula is C12H20N2O4. The summed E-state index contributed by atoms with van der Waals surface area (Å²) >= 11 is 0. The molecule has 1 aliphatic heterocycles. The molecule has 1 heterocycles. The van der Waals surface area contributed by atoms with E-state index in [0.717, 1.165) is 0 Å². The first-order valence-corrected chi connectivity index (χ1v) is 6.07. The number of ether oxygens (including phenoxy) is 1. The summed E-state index contributed by atoms with van der Waals surface area (Å²) in [7, 11) is 0. The number of rotatable bonds is 6. The van der Waals surface area contributed by atoms with Crippen molar-refractivity contribution < 1.29 is 19.4 Å². The Bertz CT molecular complexity index is 319. The molecule has 6 nitrogen and oxygen atoms in total. The topological polar surface area (TPSA) is 78.9 Å². The van der Waals surface area contributed by atoms with Crippen LogP contribution in [0.2, 0.25) is 0 Å². The number of aliphatic carboxylic acids is 1. The molecule has 0 saturated carbocycles. The molecular weight excluding hydrogens is 236 g/mol. The number of carbonyl (C=O) groups is 2. The number of likely N-dealkylation sites (N-methyl/N-ethyl adjacent to an activating group) is 1. The van der Waals surface area contributed by atoms with Gasteiger partial charge in [-0.15, -0.1) is 6.58 Å². The van der Waals surface area contributed by atoms with Crippen molar-refractivity contribution in [2.45, 2.75) is 19.4 Å². The first-order valence-electron chi connectivity index (χ1n) is 6.07. The van der Waals surface area contributed by atoms with E-state index in [-0.39, 0.29) is 19.2 Å². The fourth-order valence-corrected chi connectivity index (χ4v) is 2.00. The van der Waals surface area contributed by atoms with E-state index in [1.54, 1.807) is 6.08 Å². The third kappa shape index (κ3) is 3.46. The van der Waals surface area contributed by atoms with E-state index < -0.39 is 17.9 Å². The zero-order valence-electron chi connectivity index (χ0n) is 10.6. The van der Waals surface area contributed by atoms with Crippen LogP contribution in [-0.4, -0.2) is 54.4 Å². The normalized spacial score (nSPS) is 22.5. The van der Waals surface area contributed by atoms with Gasteiger partial charge in [0.2, 0.25) is 0 Å². The molecule has 2 atom stereocenters. The summed E-state index contributed by atoms with van der Waals surface area (Å²) in [5.74, 6) is -1.56. The Labute approximate surface area is 107 Å². The van der Waals surface area contributed by atoms with E-state index >= 15 is 0 Å². The van der Waals surface area contributed by atoms with Gasteiger partial charge in [0, 0.05) is 13.1 Å². The quantitative estimate of drug-likeness (QED) is 0.541. The fraction of sp³-hybridized carbons (Fsp3) is 0.667. The first kappa shape index (κ1) is 14.5. The number of carboxylic acids is 1. The highest BCUT2D eigenvalue weighted by molar-refractivity contribution is 5.77. The summed E-state index contributed by atoms with van der Waals surface area (Å²) in [6, 6.07) is -0.641. The lowest BCUT2D eigenvalue weighted by atomic mass is 10.0. The molecule has 1 aliphatic rings. The fourth-order valence-electron chi connectivity index (χ4n) is 2.00. The highest BCUT2D eigenvalue weighted by Crippen LogP contribution is 2.20. The second-order valence-corrected chi connectivity index (χ2v) is 4.14. The minimum Gasteiger partial charge on any atom is -0.481 e. The maximum absolute atomic E-state index is 11.9. The molecule has 18 heavy (non-hydrogen) atoms. The molecule has 2 N–H and O–H groups in total. The summed E-state index contributed by atoms with van der Waals surface area (Å²) in [6.07, 6.45) is 2.40. The summed E-state index contributed by atoms with van der Waals surface area (Å²) in [5, 5.41) is 11.8. The Balaban J connectivity index is 2.61. The third-order valence-electron chi connectivity index (χ3n) is 2.99. The third-order valence-corrected chi connectivity index (χ3v) is 2.99. The molecule has 1 fully saturated rings. The number of hydrogen-bond donors (Lipinski definition) is 2. The summed E-state index contributed by atoms with van der Waals surface area (Å²) in [5.41, 5.74) is 0.